The van der Waals surface area contributed by atoms with Gasteiger partial charge in [-0.1, -0.05) is 79.8 Å². The van der Waals surface area contributed by atoms with Crippen LogP contribution in [0.25, 0.3) is 61.1 Å². The van der Waals surface area contributed by atoms with E-state index in [1.807, 2.05) is 80.2 Å². The third kappa shape index (κ3) is 8.23. The van der Waals surface area contributed by atoms with E-state index in [9.17, 15) is 10.5 Å². The molecule has 0 aliphatic carbocycles. The summed E-state index contributed by atoms with van der Waals surface area (Å²) >= 11 is 0. The van der Waals surface area contributed by atoms with E-state index in [1.165, 1.54) is 18.3 Å². The van der Waals surface area contributed by atoms with Crippen LogP contribution in [0.5, 0.6) is 0 Å². The number of hydrogen-bond donors (Lipinski definition) is 0. The van der Waals surface area contributed by atoms with E-state index in [2.05, 4.69) is 60.9 Å². The number of rotatable bonds is 4. The van der Waals surface area contributed by atoms with E-state index in [0.717, 1.165) is 16.5 Å². The van der Waals surface area contributed by atoms with Crippen molar-refractivity contribution in [3.05, 3.63) is 162 Å². The number of imidazole rings is 1. The zero-order valence-corrected chi connectivity index (χ0v) is 34.8. The van der Waals surface area contributed by atoms with Crippen LogP contribution in [-0.2, 0) is 31.1 Å². The van der Waals surface area contributed by atoms with Crippen LogP contribution in [-0.4, -0.2) is 9.55 Å². The number of aromatic nitrogens is 3. The zero-order chi connectivity index (χ0) is 45.6. The molecule has 282 valence electrons. The quantitative estimate of drug-likeness (QED) is 0.130. The van der Waals surface area contributed by atoms with Gasteiger partial charge in [-0.25, -0.2) is 0 Å². The SMILES string of the molecule is CC(C)(C)[n+]1[c-]n(-c2[c-]cccc2)cc1.[2H]c1cc(C(C)(C)C)cc(C([2H])([2H])[2H])c1-c1cc(-c2[c-]ccc3c2oc2cc(-c4c(C#N)cccc4C#N)ccc23)ncc1C([2H])([2H])[2H].[Ir+3]. The van der Waals surface area contributed by atoms with Crippen molar-refractivity contribution in [3.8, 4) is 51.3 Å². The van der Waals surface area contributed by atoms with E-state index in [-0.39, 0.29) is 59.6 Å². The van der Waals surface area contributed by atoms with Gasteiger partial charge in [0.2, 0.25) is 6.33 Å². The summed E-state index contributed by atoms with van der Waals surface area (Å²) in [7, 11) is 0. The van der Waals surface area contributed by atoms with E-state index >= 15 is 0 Å². The maximum Gasteiger partial charge on any atom is 3.00 e. The summed E-state index contributed by atoms with van der Waals surface area (Å²) in [5, 5.41) is 20.9. The fraction of sp³-hybridized carbons (Fsp3) is 0.200. The molecule has 0 unspecified atom stereocenters. The first-order valence-electron chi connectivity index (χ1n) is 21.6. The smallest absolute Gasteiger partial charge is 0.501 e. The molecule has 0 atom stereocenters. The van der Waals surface area contributed by atoms with Crippen molar-refractivity contribution in [1.82, 2.24) is 9.55 Å². The van der Waals surface area contributed by atoms with Crippen molar-refractivity contribution in [1.29, 1.82) is 10.5 Å². The van der Waals surface area contributed by atoms with Gasteiger partial charge in [0, 0.05) is 37.8 Å². The molecule has 0 N–H and O–H groups in total. The molecule has 8 rings (SSSR count). The minimum Gasteiger partial charge on any atom is -0.501 e. The van der Waals surface area contributed by atoms with Gasteiger partial charge in [0.15, 0.2) is 0 Å². The normalized spacial score (nSPS) is 13.6. The molecule has 0 fully saturated rings. The molecule has 0 saturated heterocycles. The molecule has 0 bridgehead atoms. The second-order valence-electron chi connectivity index (χ2n) is 15.5. The average molecular weight is 929 g/mol. The molecule has 0 aliphatic heterocycles. The van der Waals surface area contributed by atoms with E-state index in [4.69, 9.17) is 14.0 Å². The van der Waals surface area contributed by atoms with Gasteiger partial charge in [-0.05, 0) is 97.2 Å². The third-order valence-corrected chi connectivity index (χ3v) is 9.52. The summed E-state index contributed by atoms with van der Waals surface area (Å²) in [5.74, 6) is 0. The first-order chi connectivity index (χ1) is 29.6. The number of nitrogens with zero attached hydrogens (tertiary/aromatic N) is 5. The summed E-state index contributed by atoms with van der Waals surface area (Å²) in [4.78, 5) is 4.49. The molecule has 6 nitrogen and oxygen atoms in total. The Morgan fingerprint density at radius 1 is 0.825 bits per heavy atom. The summed E-state index contributed by atoms with van der Waals surface area (Å²) in [5.41, 5.74) is 4.45. The van der Waals surface area contributed by atoms with Crippen LogP contribution in [0.2, 0.25) is 0 Å². The van der Waals surface area contributed by atoms with Gasteiger partial charge in [-0.2, -0.15) is 40.9 Å². The number of nitriles is 2. The minimum absolute atomic E-state index is 0. The number of aryl methyl sites for hydroxylation is 2. The van der Waals surface area contributed by atoms with Crippen LogP contribution in [0.1, 0.15) is 79.0 Å². The monoisotopic (exact) mass is 929 g/mol. The third-order valence-electron chi connectivity index (χ3n) is 9.52. The van der Waals surface area contributed by atoms with Gasteiger partial charge >= 0.3 is 20.1 Å². The standard InChI is InChI=1S/C37H28N3O.C13H15N2.Ir/c1-22-16-27(37(3,4)5)13-15-28(22)32-18-33(40-21-23(32)2)31-11-7-10-30-29-14-12-24(17-34(29)41-36(30)31)35-25(19-38)8-6-9-26(35)20-39;1-13(2,3)15-10-9-14(11-15)12-7-5-4-6-8-12;/h6-10,12-18,21H,1-5H3;4-7,9-10H,1-3H3;/q2*-1;+3/i1D3,2D3,15D;;. The van der Waals surface area contributed by atoms with Gasteiger partial charge in [-0.3, -0.25) is 0 Å². The number of benzene rings is 5. The Bertz CT molecular complexity index is 3070. The predicted octanol–water partition coefficient (Wildman–Crippen LogP) is 11.6. The molecule has 0 saturated carbocycles. The van der Waals surface area contributed by atoms with Crippen LogP contribution in [0.4, 0.5) is 0 Å². The molecule has 7 heteroatoms. The molecule has 5 aromatic carbocycles. The topological polar surface area (TPSA) is 82.4 Å². The maximum absolute atomic E-state index is 9.72. The number of fused-ring (bicyclic) bond motifs is 3. The molecule has 3 aromatic heterocycles. The Morgan fingerprint density at radius 2 is 1.60 bits per heavy atom. The number of furan rings is 1. The maximum atomic E-state index is 9.72. The molecule has 0 amide bonds. The number of hydrogen-bond acceptors (Lipinski definition) is 4. The van der Waals surface area contributed by atoms with Crippen molar-refractivity contribution < 1.29 is 38.7 Å². The van der Waals surface area contributed by atoms with E-state index in [1.54, 1.807) is 36.4 Å². The van der Waals surface area contributed by atoms with Crippen LogP contribution >= 0.6 is 0 Å². The molecule has 0 radical (unpaired) electrons. The largest absolute Gasteiger partial charge is 3.00 e. The Kier molecular flexibility index (Phi) is 9.08. The Labute approximate surface area is 358 Å². The zero-order valence-electron chi connectivity index (χ0n) is 39.4. The first kappa shape index (κ1) is 32.0. The van der Waals surface area contributed by atoms with Gasteiger partial charge in [-0.15, -0.1) is 18.2 Å². The molecule has 0 spiro atoms. The molecule has 57 heavy (non-hydrogen) atoms. The Morgan fingerprint density at radius 3 is 2.25 bits per heavy atom. The number of pyridine rings is 1. The summed E-state index contributed by atoms with van der Waals surface area (Å²) < 4.78 is 69.1. The van der Waals surface area contributed by atoms with Gasteiger partial charge in [0.05, 0.1) is 35.8 Å². The molecular weight excluding hydrogens is 879 g/mol. The van der Waals surface area contributed by atoms with Gasteiger partial charge < -0.3 is 18.5 Å². The number of para-hydroxylation sites is 1. The second kappa shape index (κ2) is 16.2. The molecule has 8 aromatic rings. The van der Waals surface area contributed by atoms with Crippen molar-refractivity contribution in [2.45, 2.75) is 66.2 Å². The Balaban J connectivity index is 0.000000359. The van der Waals surface area contributed by atoms with Crippen molar-refractivity contribution in [2.24, 2.45) is 0 Å². The fourth-order valence-corrected chi connectivity index (χ4v) is 6.45. The van der Waals surface area contributed by atoms with Crippen LogP contribution in [0, 0.1) is 54.8 Å². The predicted molar refractivity (Wildman–Crippen MR) is 223 cm³/mol. The minimum atomic E-state index is -2.66. The van der Waals surface area contributed by atoms with E-state index < -0.39 is 19.1 Å². The first-order valence-corrected chi connectivity index (χ1v) is 18.1. The summed E-state index contributed by atoms with van der Waals surface area (Å²) in [6.45, 7) is 6.92. The van der Waals surface area contributed by atoms with Gasteiger partial charge in [0.1, 0.15) is 5.58 Å². The van der Waals surface area contributed by atoms with Crippen LogP contribution in [0.3, 0.4) is 0 Å². The fourth-order valence-electron chi connectivity index (χ4n) is 6.45. The van der Waals surface area contributed by atoms with Gasteiger partial charge in [0.25, 0.3) is 0 Å². The summed E-state index contributed by atoms with van der Waals surface area (Å²) in [6.07, 6.45) is 8.50. The van der Waals surface area contributed by atoms with Crippen molar-refractivity contribution in [3.63, 3.8) is 0 Å². The van der Waals surface area contributed by atoms with Crippen LogP contribution < -0.4 is 4.57 Å². The van der Waals surface area contributed by atoms with Crippen molar-refractivity contribution in [2.75, 3.05) is 0 Å². The summed E-state index contributed by atoms with van der Waals surface area (Å²) in [6, 6.07) is 36.9. The Hall–Kier alpha value is -6.11. The molecular formula is C50H43IrN5O+. The average Bonchev–Trinajstić information content (AvgIpc) is 3.89. The second-order valence-corrected chi connectivity index (χ2v) is 15.5. The molecule has 3 heterocycles. The molecule has 0 aliphatic rings. The van der Waals surface area contributed by atoms with E-state index in [0.29, 0.717) is 44.5 Å². The van der Waals surface area contributed by atoms with Crippen molar-refractivity contribution >= 4 is 21.9 Å². The van der Waals surface area contributed by atoms with Crippen LogP contribution in [0.15, 0.2) is 120 Å².